The number of carboxylic acids is 1. The Hall–Kier alpha value is -1.48. The molecule has 6 nitrogen and oxygen atoms in total. The average Bonchev–Trinajstić information content (AvgIpc) is 2.91. The van der Waals surface area contributed by atoms with Gasteiger partial charge in [0.15, 0.2) is 0 Å². The highest BCUT2D eigenvalue weighted by atomic mass is 35.5. The molecule has 0 bridgehead atoms. The van der Waals surface area contributed by atoms with E-state index in [-0.39, 0.29) is 22.0 Å². The van der Waals surface area contributed by atoms with Crippen molar-refractivity contribution in [2.24, 2.45) is 0 Å². The topological polar surface area (TPSA) is 96.4 Å². The molecule has 0 fully saturated rings. The quantitative estimate of drug-likeness (QED) is 0.834. The Kier molecular flexibility index (Phi) is 4.94. The van der Waals surface area contributed by atoms with Crippen LogP contribution in [0.3, 0.4) is 0 Å². The number of rotatable bonds is 6. The number of hydrogen-bond donors (Lipinski definition) is 2. The molecule has 0 amide bonds. The fourth-order valence-electron chi connectivity index (χ4n) is 1.59. The molecule has 2 aromatic rings. The number of carbonyl (C=O) groups is 1. The predicted molar refractivity (Wildman–Crippen MR) is 79.4 cm³/mol. The second-order valence-electron chi connectivity index (χ2n) is 4.07. The molecule has 0 aliphatic heterocycles. The van der Waals surface area contributed by atoms with Crippen molar-refractivity contribution in [2.75, 3.05) is 6.54 Å². The molecule has 2 rings (SSSR count). The van der Waals surface area contributed by atoms with Crippen LogP contribution in [0.15, 0.2) is 34.0 Å². The summed E-state index contributed by atoms with van der Waals surface area (Å²) in [5.74, 6) is -1.28. The zero-order valence-corrected chi connectivity index (χ0v) is 13.0. The summed E-state index contributed by atoms with van der Waals surface area (Å²) in [6.07, 6.45) is 0.460. The number of nitrogens with zero attached hydrogens (tertiary/aromatic N) is 1. The van der Waals surface area contributed by atoms with Crippen LogP contribution in [0.25, 0.3) is 0 Å². The van der Waals surface area contributed by atoms with Crippen molar-refractivity contribution in [2.45, 2.75) is 11.3 Å². The summed E-state index contributed by atoms with van der Waals surface area (Å²) in [5.41, 5.74) is 2.21. The summed E-state index contributed by atoms with van der Waals surface area (Å²) < 4.78 is 26.6. The summed E-state index contributed by atoms with van der Waals surface area (Å²) in [4.78, 5) is 14.9. The highest BCUT2D eigenvalue weighted by molar-refractivity contribution is 7.89. The first-order valence-electron chi connectivity index (χ1n) is 5.80. The van der Waals surface area contributed by atoms with Crippen LogP contribution in [-0.2, 0) is 16.4 Å². The molecule has 0 radical (unpaired) electrons. The number of sulfonamides is 1. The van der Waals surface area contributed by atoms with Gasteiger partial charge in [0.05, 0.1) is 26.7 Å². The minimum absolute atomic E-state index is 0.0103. The first-order chi connectivity index (χ1) is 9.90. The van der Waals surface area contributed by atoms with E-state index in [0.29, 0.717) is 6.42 Å². The fraction of sp³-hybridized carbons (Fsp3) is 0.167. The summed E-state index contributed by atoms with van der Waals surface area (Å²) in [7, 11) is -3.78. The minimum Gasteiger partial charge on any atom is -0.478 e. The molecule has 0 saturated carbocycles. The zero-order valence-electron chi connectivity index (χ0n) is 10.6. The van der Waals surface area contributed by atoms with Gasteiger partial charge in [-0.15, -0.1) is 11.3 Å². The van der Waals surface area contributed by atoms with Gasteiger partial charge >= 0.3 is 5.97 Å². The first kappa shape index (κ1) is 15.9. The number of aromatic carboxylic acids is 1. The van der Waals surface area contributed by atoms with E-state index in [9.17, 15) is 13.2 Å². The van der Waals surface area contributed by atoms with Crippen LogP contribution in [0.1, 0.15) is 16.1 Å². The van der Waals surface area contributed by atoms with E-state index < -0.39 is 16.0 Å². The second-order valence-corrected chi connectivity index (χ2v) is 6.97. The van der Waals surface area contributed by atoms with Crippen LogP contribution in [0, 0.1) is 0 Å². The Balaban J connectivity index is 2.12. The Morgan fingerprint density at radius 2 is 2.19 bits per heavy atom. The third kappa shape index (κ3) is 4.01. The monoisotopic (exact) mass is 346 g/mol. The fourth-order valence-corrected chi connectivity index (χ4v) is 3.44. The number of nitrogens with one attached hydrogen (secondary N) is 1. The Morgan fingerprint density at radius 3 is 2.81 bits per heavy atom. The van der Waals surface area contributed by atoms with E-state index >= 15 is 0 Å². The van der Waals surface area contributed by atoms with Crippen molar-refractivity contribution in [3.8, 4) is 0 Å². The Morgan fingerprint density at radius 1 is 1.43 bits per heavy atom. The standard InChI is InChI=1S/C12H11ClN2O4S2/c13-11-2-1-9(5-10(11)12(16)17)21(18,19)15-4-3-8-6-20-7-14-8/h1-2,5-7,15H,3-4H2,(H,16,17). The molecule has 0 atom stereocenters. The third-order valence-corrected chi connectivity index (χ3v) is 5.06. The van der Waals surface area contributed by atoms with Gasteiger partial charge in [0, 0.05) is 18.3 Å². The third-order valence-electron chi connectivity index (χ3n) is 2.64. The van der Waals surface area contributed by atoms with Gasteiger partial charge in [-0.25, -0.2) is 22.9 Å². The smallest absolute Gasteiger partial charge is 0.337 e. The van der Waals surface area contributed by atoms with Crippen LogP contribution < -0.4 is 4.72 Å². The van der Waals surface area contributed by atoms with Gasteiger partial charge in [-0.3, -0.25) is 0 Å². The maximum atomic E-state index is 12.1. The van der Waals surface area contributed by atoms with Gasteiger partial charge in [0.2, 0.25) is 10.0 Å². The number of carboxylic acid groups (broad SMARTS) is 1. The van der Waals surface area contributed by atoms with Crippen LogP contribution in [0.2, 0.25) is 5.02 Å². The van der Waals surface area contributed by atoms with Gasteiger partial charge in [-0.1, -0.05) is 11.6 Å². The maximum absolute atomic E-state index is 12.1. The lowest BCUT2D eigenvalue weighted by Gasteiger charge is -2.07. The SMILES string of the molecule is O=C(O)c1cc(S(=O)(=O)NCCc2cscn2)ccc1Cl. The molecular weight excluding hydrogens is 336 g/mol. The Bertz CT molecular complexity index is 745. The first-order valence-corrected chi connectivity index (χ1v) is 8.60. The normalized spacial score (nSPS) is 11.5. The molecular formula is C12H11ClN2O4S2. The predicted octanol–water partition coefficient (Wildman–Crippen LogP) is 2.02. The van der Waals surface area contributed by atoms with Crippen LogP contribution in [0.5, 0.6) is 0 Å². The molecule has 0 spiro atoms. The molecule has 1 aromatic carbocycles. The van der Waals surface area contributed by atoms with Crippen molar-refractivity contribution < 1.29 is 18.3 Å². The van der Waals surface area contributed by atoms with Crippen LogP contribution in [0.4, 0.5) is 0 Å². The molecule has 0 aliphatic rings. The van der Waals surface area contributed by atoms with Crippen LogP contribution >= 0.6 is 22.9 Å². The molecule has 21 heavy (non-hydrogen) atoms. The Labute approximate surface area is 130 Å². The summed E-state index contributed by atoms with van der Waals surface area (Å²) >= 11 is 7.14. The maximum Gasteiger partial charge on any atom is 0.337 e. The molecule has 112 valence electrons. The van der Waals surface area contributed by atoms with Gasteiger partial charge in [0.25, 0.3) is 0 Å². The van der Waals surface area contributed by atoms with Crippen molar-refractivity contribution >= 4 is 38.9 Å². The molecule has 9 heteroatoms. The van der Waals surface area contributed by atoms with E-state index in [2.05, 4.69) is 9.71 Å². The molecule has 1 aromatic heterocycles. The molecule has 2 N–H and O–H groups in total. The number of thiazole rings is 1. The van der Waals surface area contributed by atoms with Gasteiger partial charge in [-0.05, 0) is 18.2 Å². The second kappa shape index (κ2) is 6.52. The molecule has 0 unspecified atom stereocenters. The number of halogens is 1. The van der Waals surface area contributed by atoms with E-state index in [1.165, 1.54) is 23.5 Å². The summed E-state index contributed by atoms with van der Waals surface area (Å²) in [5, 5.41) is 10.8. The molecule has 0 saturated heterocycles. The number of hydrogen-bond acceptors (Lipinski definition) is 5. The minimum atomic E-state index is -3.78. The van der Waals surface area contributed by atoms with E-state index in [1.54, 1.807) is 5.51 Å². The zero-order chi connectivity index (χ0) is 15.5. The highest BCUT2D eigenvalue weighted by Crippen LogP contribution is 2.20. The van der Waals surface area contributed by atoms with Gasteiger partial charge in [0.1, 0.15) is 0 Å². The molecule has 1 heterocycles. The average molecular weight is 347 g/mol. The summed E-state index contributed by atoms with van der Waals surface area (Å²) in [6.45, 7) is 0.178. The summed E-state index contributed by atoms with van der Waals surface area (Å²) in [6, 6.07) is 3.55. The lowest BCUT2D eigenvalue weighted by Crippen LogP contribution is -2.26. The number of aromatic nitrogens is 1. The van der Waals surface area contributed by atoms with Crippen molar-refractivity contribution in [3.63, 3.8) is 0 Å². The van der Waals surface area contributed by atoms with Gasteiger partial charge in [-0.2, -0.15) is 0 Å². The number of benzene rings is 1. The molecule has 0 aliphatic carbocycles. The van der Waals surface area contributed by atoms with E-state index in [4.69, 9.17) is 16.7 Å². The van der Waals surface area contributed by atoms with Crippen LogP contribution in [-0.4, -0.2) is 31.0 Å². The van der Waals surface area contributed by atoms with E-state index in [1.807, 2.05) is 5.38 Å². The van der Waals surface area contributed by atoms with Crippen molar-refractivity contribution in [1.82, 2.24) is 9.71 Å². The lowest BCUT2D eigenvalue weighted by atomic mass is 10.2. The van der Waals surface area contributed by atoms with Crippen molar-refractivity contribution in [3.05, 3.63) is 45.4 Å². The van der Waals surface area contributed by atoms with Crippen molar-refractivity contribution in [1.29, 1.82) is 0 Å². The van der Waals surface area contributed by atoms with E-state index in [0.717, 1.165) is 11.8 Å². The lowest BCUT2D eigenvalue weighted by molar-refractivity contribution is 0.0697. The highest BCUT2D eigenvalue weighted by Gasteiger charge is 2.18. The van der Waals surface area contributed by atoms with Gasteiger partial charge < -0.3 is 5.11 Å². The largest absolute Gasteiger partial charge is 0.478 e.